The first-order chi connectivity index (χ1) is 11.5. The molecule has 0 saturated heterocycles. The van der Waals surface area contributed by atoms with Gasteiger partial charge in [0.1, 0.15) is 5.76 Å². The number of aryl methyl sites for hydroxylation is 1. The minimum absolute atomic E-state index is 0.0818. The Morgan fingerprint density at radius 2 is 2.17 bits per heavy atom. The molecule has 0 spiro atoms. The van der Waals surface area contributed by atoms with Crippen LogP contribution in [0.25, 0.3) is 0 Å². The van der Waals surface area contributed by atoms with E-state index in [-0.39, 0.29) is 18.4 Å². The summed E-state index contributed by atoms with van der Waals surface area (Å²) >= 11 is 4.81. The number of thioether (sulfide) groups is 1. The van der Waals surface area contributed by atoms with Gasteiger partial charge in [-0.25, -0.2) is 0 Å². The molecule has 2 rings (SSSR count). The molecule has 0 bridgehead atoms. The zero-order valence-electron chi connectivity index (χ0n) is 13.0. The van der Waals surface area contributed by atoms with Crippen molar-refractivity contribution in [2.24, 2.45) is 0 Å². The van der Waals surface area contributed by atoms with Gasteiger partial charge in [-0.15, -0.1) is 11.8 Å². The van der Waals surface area contributed by atoms with E-state index in [9.17, 15) is 9.59 Å². The number of amides is 2. The van der Waals surface area contributed by atoms with Crippen molar-refractivity contribution in [2.45, 2.75) is 12.7 Å². The lowest BCUT2D eigenvalue weighted by atomic mass is 10.2. The highest BCUT2D eigenvalue weighted by molar-refractivity contribution is 9.10. The maximum Gasteiger partial charge on any atom is 0.244 e. The Balaban J connectivity index is 1.69. The number of hydrogen-bond acceptors (Lipinski definition) is 4. The predicted molar refractivity (Wildman–Crippen MR) is 99.7 cm³/mol. The van der Waals surface area contributed by atoms with Crippen LogP contribution in [0, 0.1) is 6.92 Å². The molecule has 126 valence electrons. The molecule has 1 aromatic heterocycles. The lowest BCUT2D eigenvalue weighted by molar-refractivity contribution is -0.121. The fraction of sp³-hybridized carbons (Fsp3) is 0.176. The second kappa shape index (κ2) is 9.34. The fourth-order valence-electron chi connectivity index (χ4n) is 1.82. The van der Waals surface area contributed by atoms with E-state index in [2.05, 4.69) is 26.6 Å². The summed E-state index contributed by atoms with van der Waals surface area (Å²) in [5.74, 6) is 0.907. The number of nitrogens with one attached hydrogen (secondary N) is 2. The molecule has 2 aromatic rings. The fourth-order valence-corrected chi connectivity index (χ4v) is 2.94. The zero-order valence-corrected chi connectivity index (χ0v) is 15.4. The number of rotatable bonds is 7. The Labute approximate surface area is 153 Å². The highest BCUT2D eigenvalue weighted by Crippen LogP contribution is 2.19. The monoisotopic (exact) mass is 408 g/mol. The van der Waals surface area contributed by atoms with Gasteiger partial charge in [0, 0.05) is 16.2 Å². The summed E-state index contributed by atoms with van der Waals surface area (Å²) in [7, 11) is 0. The van der Waals surface area contributed by atoms with E-state index in [1.54, 1.807) is 11.7 Å². The third-order valence-electron chi connectivity index (χ3n) is 3.01. The maximum absolute atomic E-state index is 11.9. The summed E-state index contributed by atoms with van der Waals surface area (Å²) in [6.45, 7) is 1.82. The van der Waals surface area contributed by atoms with Gasteiger partial charge in [-0.05, 0) is 48.2 Å². The zero-order chi connectivity index (χ0) is 17.4. The molecule has 0 aliphatic carbocycles. The van der Waals surface area contributed by atoms with Crippen LogP contribution in [-0.2, 0) is 15.3 Å². The predicted octanol–water partition coefficient (Wildman–Crippen LogP) is 3.85. The van der Waals surface area contributed by atoms with Crippen molar-refractivity contribution < 1.29 is 14.0 Å². The third-order valence-corrected chi connectivity index (χ3v) is 4.28. The van der Waals surface area contributed by atoms with E-state index in [1.807, 2.05) is 37.3 Å². The molecular formula is C17H17BrN2O3S. The normalized spacial score (nSPS) is 10.8. The van der Waals surface area contributed by atoms with Gasteiger partial charge in [0.2, 0.25) is 11.8 Å². The first-order valence-corrected chi connectivity index (χ1v) is 9.03. The molecule has 2 amide bonds. The van der Waals surface area contributed by atoms with E-state index in [1.165, 1.54) is 17.8 Å². The lowest BCUT2D eigenvalue weighted by Crippen LogP contribution is -2.31. The number of carbonyl (C=O) groups excluding carboxylic acids is 2. The molecule has 0 atom stereocenters. The summed E-state index contributed by atoms with van der Waals surface area (Å²) in [6, 6.07) is 9.26. The first kappa shape index (κ1) is 18.4. The number of halogens is 1. The standard InChI is InChI=1S/C17H17BrN2O3S/c1-12-9-13(18)4-5-15(12)20-17(22)10-19-16(21)6-8-24-11-14-3-2-7-23-14/h2-9H,10-11H2,1H3,(H,19,21)(H,20,22)/b8-6-. The van der Waals surface area contributed by atoms with Gasteiger partial charge in [-0.2, -0.15) is 0 Å². The first-order valence-electron chi connectivity index (χ1n) is 7.19. The topological polar surface area (TPSA) is 71.3 Å². The van der Waals surface area contributed by atoms with Crippen LogP contribution in [0.3, 0.4) is 0 Å². The molecule has 7 heteroatoms. The average Bonchev–Trinajstić information content (AvgIpc) is 3.06. The van der Waals surface area contributed by atoms with Crippen LogP contribution in [0.15, 0.2) is 57.0 Å². The Bertz CT molecular complexity index is 729. The molecule has 0 fully saturated rings. The largest absolute Gasteiger partial charge is 0.468 e. The molecule has 0 radical (unpaired) electrons. The van der Waals surface area contributed by atoms with E-state index < -0.39 is 0 Å². The number of anilines is 1. The Morgan fingerprint density at radius 3 is 2.88 bits per heavy atom. The molecule has 1 heterocycles. The third kappa shape index (κ3) is 6.25. The molecule has 0 aliphatic heterocycles. The van der Waals surface area contributed by atoms with Crippen LogP contribution in [0.1, 0.15) is 11.3 Å². The van der Waals surface area contributed by atoms with Crippen LogP contribution >= 0.6 is 27.7 Å². The quantitative estimate of drug-likeness (QED) is 0.682. The smallest absolute Gasteiger partial charge is 0.244 e. The van der Waals surface area contributed by atoms with Gasteiger partial charge < -0.3 is 15.1 Å². The summed E-state index contributed by atoms with van der Waals surface area (Å²) in [5, 5.41) is 6.98. The lowest BCUT2D eigenvalue weighted by Gasteiger charge is -2.09. The summed E-state index contributed by atoms with van der Waals surface area (Å²) in [4.78, 5) is 23.5. The van der Waals surface area contributed by atoms with Gasteiger partial charge >= 0.3 is 0 Å². The summed E-state index contributed by atoms with van der Waals surface area (Å²) in [6.07, 6.45) is 3.00. The molecule has 0 saturated carbocycles. The van der Waals surface area contributed by atoms with Crippen molar-refractivity contribution in [1.29, 1.82) is 0 Å². The Kier molecular flexibility index (Phi) is 7.14. The molecular weight excluding hydrogens is 392 g/mol. The Morgan fingerprint density at radius 1 is 1.33 bits per heavy atom. The van der Waals surface area contributed by atoms with E-state index in [0.29, 0.717) is 5.75 Å². The second-order valence-corrected chi connectivity index (χ2v) is 6.73. The van der Waals surface area contributed by atoms with Gasteiger partial charge in [0.15, 0.2) is 0 Å². The summed E-state index contributed by atoms with van der Waals surface area (Å²) in [5.41, 5.74) is 1.67. The van der Waals surface area contributed by atoms with E-state index in [0.717, 1.165) is 21.5 Å². The van der Waals surface area contributed by atoms with Crippen molar-refractivity contribution >= 4 is 45.2 Å². The van der Waals surface area contributed by atoms with Crippen LogP contribution in [-0.4, -0.2) is 18.4 Å². The SMILES string of the molecule is Cc1cc(Br)ccc1NC(=O)CNC(=O)/C=C\SCc1ccco1. The molecule has 5 nitrogen and oxygen atoms in total. The van der Waals surface area contributed by atoms with Crippen molar-refractivity contribution in [1.82, 2.24) is 5.32 Å². The minimum atomic E-state index is -0.315. The molecule has 24 heavy (non-hydrogen) atoms. The van der Waals surface area contributed by atoms with Crippen LogP contribution in [0.4, 0.5) is 5.69 Å². The average molecular weight is 409 g/mol. The molecule has 0 aliphatic rings. The molecule has 2 N–H and O–H groups in total. The molecule has 0 unspecified atom stereocenters. The van der Waals surface area contributed by atoms with Crippen LogP contribution in [0.5, 0.6) is 0 Å². The second-order valence-electron chi connectivity index (χ2n) is 4.92. The van der Waals surface area contributed by atoms with Crippen LogP contribution in [0.2, 0.25) is 0 Å². The maximum atomic E-state index is 11.9. The van der Waals surface area contributed by atoms with Gasteiger partial charge in [0.05, 0.1) is 18.6 Å². The Hall–Kier alpha value is -1.99. The van der Waals surface area contributed by atoms with Crippen LogP contribution < -0.4 is 10.6 Å². The number of benzene rings is 1. The number of furan rings is 1. The van der Waals surface area contributed by atoms with Crippen molar-refractivity contribution in [3.05, 3.63) is 63.9 Å². The van der Waals surface area contributed by atoms with Gasteiger partial charge in [0.25, 0.3) is 0 Å². The number of carbonyl (C=O) groups is 2. The highest BCUT2D eigenvalue weighted by Gasteiger charge is 2.06. The number of hydrogen-bond donors (Lipinski definition) is 2. The minimum Gasteiger partial charge on any atom is -0.468 e. The van der Waals surface area contributed by atoms with Crippen molar-refractivity contribution in [3.63, 3.8) is 0 Å². The van der Waals surface area contributed by atoms with Crippen molar-refractivity contribution in [2.75, 3.05) is 11.9 Å². The molecule has 1 aromatic carbocycles. The van der Waals surface area contributed by atoms with E-state index in [4.69, 9.17) is 4.42 Å². The summed E-state index contributed by atoms with van der Waals surface area (Å²) < 4.78 is 6.13. The highest BCUT2D eigenvalue weighted by atomic mass is 79.9. The van der Waals surface area contributed by atoms with Crippen molar-refractivity contribution in [3.8, 4) is 0 Å². The van der Waals surface area contributed by atoms with Gasteiger partial charge in [-0.3, -0.25) is 9.59 Å². The van der Waals surface area contributed by atoms with E-state index >= 15 is 0 Å². The van der Waals surface area contributed by atoms with Gasteiger partial charge in [-0.1, -0.05) is 15.9 Å².